The molecule has 0 atom stereocenters. The molecule has 7 heteroatoms. The summed E-state index contributed by atoms with van der Waals surface area (Å²) >= 11 is 0. The largest absolute Gasteiger partial charge is 0.480 e. The Hall–Kier alpha value is -2.44. The molecule has 0 aliphatic rings. The van der Waals surface area contributed by atoms with Gasteiger partial charge in [0.1, 0.15) is 18.6 Å². The van der Waals surface area contributed by atoms with Gasteiger partial charge in [-0.3, -0.25) is 9.69 Å². The second-order valence-electron chi connectivity index (χ2n) is 2.92. The van der Waals surface area contributed by atoms with Crippen molar-refractivity contribution in [1.29, 1.82) is 0 Å². The molecular formula is C9H8N4O3. The third-order valence-electron chi connectivity index (χ3n) is 1.83. The molecule has 2 aromatic rings. The van der Waals surface area contributed by atoms with Gasteiger partial charge in [0.15, 0.2) is 0 Å². The highest BCUT2D eigenvalue weighted by molar-refractivity contribution is 5.76. The summed E-state index contributed by atoms with van der Waals surface area (Å²) < 4.78 is 4.81. The maximum Gasteiger partial charge on any atom is 0.323 e. The lowest BCUT2D eigenvalue weighted by Crippen LogP contribution is -2.25. The standard InChI is InChI=1S/C9H8N4O3/c14-9(15)6-13(8-5-11-12-16-8)7-3-1-2-4-10-7/h1-5H,6H2,(H,14,15). The van der Waals surface area contributed by atoms with Crippen LogP contribution in [0, 0.1) is 0 Å². The van der Waals surface area contributed by atoms with E-state index >= 15 is 0 Å². The highest BCUT2D eigenvalue weighted by atomic mass is 16.5. The van der Waals surface area contributed by atoms with Crippen LogP contribution in [0.1, 0.15) is 0 Å². The van der Waals surface area contributed by atoms with Crippen LogP contribution in [-0.2, 0) is 4.79 Å². The van der Waals surface area contributed by atoms with Gasteiger partial charge in [-0.1, -0.05) is 6.07 Å². The van der Waals surface area contributed by atoms with Crippen molar-refractivity contribution in [1.82, 2.24) is 15.4 Å². The predicted molar refractivity (Wildman–Crippen MR) is 53.2 cm³/mol. The van der Waals surface area contributed by atoms with Crippen molar-refractivity contribution in [2.45, 2.75) is 0 Å². The summed E-state index contributed by atoms with van der Waals surface area (Å²) in [5, 5.41) is 15.6. The maximum absolute atomic E-state index is 10.7. The minimum absolute atomic E-state index is 0.237. The van der Waals surface area contributed by atoms with Gasteiger partial charge in [-0.05, 0) is 12.1 Å². The Kier molecular flexibility index (Phi) is 2.77. The molecule has 0 saturated carbocycles. The number of hydrogen-bond donors (Lipinski definition) is 1. The number of carboxylic acids is 1. The van der Waals surface area contributed by atoms with Crippen LogP contribution in [-0.4, -0.2) is 33.0 Å². The van der Waals surface area contributed by atoms with Crippen LogP contribution < -0.4 is 4.90 Å². The van der Waals surface area contributed by atoms with E-state index in [-0.39, 0.29) is 12.4 Å². The quantitative estimate of drug-likeness (QED) is 0.810. The van der Waals surface area contributed by atoms with E-state index in [4.69, 9.17) is 9.63 Å². The Morgan fingerprint density at radius 1 is 1.50 bits per heavy atom. The lowest BCUT2D eigenvalue weighted by Gasteiger charge is -2.16. The summed E-state index contributed by atoms with van der Waals surface area (Å²) in [7, 11) is 0. The number of aliphatic carboxylic acids is 1. The van der Waals surface area contributed by atoms with Gasteiger partial charge < -0.3 is 9.63 Å². The fourth-order valence-electron chi connectivity index (χ4n) is 1.20. The second-order valence-corrected chi connectivity index (χ2v) is 2.92. The van der Waals surface area contributed by atoms with Crippen LogP contribution in [0.2, 0.25) is 0 Å². The molecule has 0 aliphatic heterocycles. The van der Waals surface area contributed by atoms with E-state index < -0.39 is 5.97 Å². The molecule has 1 N–H and O–H groups in total. The molecule has 0 aromatic carbocycles. The minimum Gasteiger partial charge on any atom is -0.480 e. The monoisotopic (exact) mass is 220 g/mol. The summed E-state index contributed by atoms with van der Waals surface area (Å²) in [4.78, 5) is 16.1. The zero-order chi connectivity index (χ0) is 11.4. The molecule has 16 heavy (non-hydrogen) atoms. The lowest BCUT2D eigenvalue weighted by atomic mass is 10.4. The van der Waals surface area contributed by atoms with Crippen LogP contribution in [0.15, 0.2) is 35.1 Å². The number of carboxylic acid groups (broad SMARTS) is 1. The van der Waals surface area contributed by atoms with Gasteiger partial charge in [0.05, 0.1) is 0 Å². The van der Waals surface area contributed by atoms with Gasteiger partial charge in [-0.2, -0.15) is 0 Å². The molecule has 0 bridgehead atoms. The molecule has 0 saturated heterocycles. The Balaban J connectivity index is 2.32. The molecule has 7 nitrogen and oxygen atoms in total. The molecular weight excluding hydrogens is 212 g/mol. The molecule has 0 spiro atoms. The van der Waals surface area contributed by atoms with Gasteiger partial charge >= 0.3 is 5.97 Å². The molecule has 2 heterocycles. The summed E-state index contributed by atoms with van der Waals surface area (Å²) in [5.74, 6) is -0.299. The van der Waals surface area contributed by atoms with E-state index in [0.717, 1.165) is 0 Å². The SMILES string of the molecule is O=C(O)CN(c1ccccn1)c1cnno1. The molecule has 0 aliphatic carbocycles. The summed E-state index contributed by atoms with van der Waals surface area (Å²) in [6, 6.07) is 5.16. The van der Waals surface area contributed by atoms with E-state index in [2.05, 4.69) is 15.4 Å². The van der Waals surface area contributed by atoms with Crippen LogP contribution >= 0.6 is 0 Å². The Morgan fingerprint density at radius 2 is 2.38 bits per heavy atom. The predicted octanol–water partition coefficient (Wildman–Crippen LogP) is 0.687. The first kappa shape index (κ1) is 10.1. The number of aromatic nitrogens is 3. The van der Waals surface area contributed by atoms with Gasteiger partial charge in [-0.15, -0.1) is 5.10 Å². The van der Waals surface area contributed by atoms with Crippen molar-refractivity contribution in [3.05, 3.63) is 30.6 Å². The van der Waals surface area contributed by atoms with E-state index in [9.17, 15) is 4.79 Å². The van der Waals surface area contributed by atoms with Crippen LogP contribution in [0.25, 0.3) is 0 Å². The summed E-state index contributed by atoms with van der Waals surface area (Å²) in [5.41, 5.74) is 0. The number of carbonyl (C=O) groups is 1. The zero-order valence-corrected chi connectivity index (χ0v) is 8.15. The fraction of sp³-hybridized carbons (Fsp3) is 0.111. The first-order valence-electron chi connectivity index (χ1n) is 4.45. The number of rotatable bonds is 4. The van der Waals surface area contributed by atoms with Crippen LogP contribution in [0.3, 0.4) is 0 Å². The normalized spacial score (nSPS) is 10.0. The van der Waals surface area contributed by atoms with E-state index in [1.54, 1.807) is 24.4 Å². The molecule has 0 unspecified atom stereocenters. The Morgan fingerprint density at radius 3 is 2.94 bits per heavy atom. The van der Waals surface area contributed by atoms with Crippen molar-refractivity contribution in [2.24, 2.45) is 0 Å². The average Bonchev–Trinajstić information content (AvgIpc) is 2.80. The molecule has 82 valence electrons. The molecule has 2 aromatic heterocycles. The maximum atomic E-state index is 10.7. The number of anilines is 2. The van der Waals surface area contributed by atoms with Crippen LogP contribution in [0.5, 0.6) is 0 Å². The van der Waals surface area contributed by atoms with Crippen LogP contribution in [0.4, 0.5) is 11.7 Å². The lowest BCUT2D eigenvalue weighted by molar-refractivity contribution is -0.135. The van der Waals surface area contributed by atoms with Crippen molar-refractivity contribution < 1.29 is 14.4 Å². The van der Waals surface area contributed by atoms with Crippen molar-refractivity contribution in [2.75, 3.05) is 11.4 Å². The van der Waals surface area contributed by atoms with Crippen molar-refractivity contribution >= 4 is 17.7 Å². The van der Waals surface area contributed by atoms with E-state index in [1.165, 1.54) is 11.1 Å². The summed E-state index contributed by atoms with van der Waals surface area (Å²) in [6.45, 7) is -0.270. The smallest absolute Gasteiger partial charge is 0.323 e. The fourth-order valence-corrected chi connectivity index (χ4v) is 1.20. The first-order valence-corrected chi connectivity index (χ1v) is 4.45. The van der Waals surface area contributed by atoms with Gasteiger partial charge in [-0.25, -0.2) is 4.98 Å². The topological polar surface area (TPSA) is 92.3 Å². The van der Waals surface area contributed by atoms with Crippen molar-refractivity contribution in [3.63, 3.8) is 0 Å². The third-order valence-corrected chi connectivity index (χ3v) is 1.83. The Bertz CT molecular complexity index is 457. The third kappa shape index (κ3) is 2.14. The average molecular weight is 220 g/mol. The van der Waals surface area contributed by atoms with E-state index in [0.29, 0.717) is 5.82 Å². The van der Waals surface area contributed by atoms with Gasteiger partial charge in [0.2, 0.25) is 0 Å². The highest BCUT2D eigenvalue weighted by Crippen LogP contribution is 2.20. The van der Waals surface area contributed by atoms with Crippen molar-refractivity contribution in [3.8, 4) is 0 Å². The minimum atomic E-state index is -0.998. The van der Waals surface area contributed by atoms with Gasteiger partial charge in [0, 0.05) is 11.5 Å². The first-order chi connectivity index (χ1) is 7.77. The Labute approximate surface area is 90.3 Å². The second kappa shape index (κ2) is 4.39. The number of nitrogens with zero attached hydrogens (tertiary/aromatic N) is 4. The summed E-state index contributed by atoms with van der Waals surface area (Å²) in [6.07, 6.45) is 2.89. The van der Waals surface area contributed by atoms with E-state index in [1.807, 2.05) is 0 Å². The highest BCUT2D eigenvalue weighted by Gasteiger charge is 2.17. The molecule has 2 rings (SSSR count). The number of pyridine rings is 1. The molecule has 0 radical (unpaired) electrons. The molecule has 0 amide bonds. The zero-order valence-electron chi connectivity index (χ0n) is 8.15. The van der Waals surface area contributed by atoms with Gasteiger partial charge in [0.25, 0.3) is 5.88 Å². The molecule has 0 fully saturated rings. The number of hydrogen-bond acceptors (Lipinski definition) is 6.